The quantitative estimate of drug-likeness (QED) is 0.316. The molecule has 6 nitrogen and oxygen atoms in total. The molecule has 0 fully saturated rings. The van der Waals surface area contributed by atoms with Gasteiger partial charge >= 0.3 is 5.97 Å². The second-order valence-corrected chi connectivity index (χ2v) is 7.85. The Bertz CT molecular complexity index is 1430. The molecule has 1 N–H and O–H groups in total. The number of benzene rings is 2. The first kappa shape index (κ1) is 21.4. The molecule has 0 aliphatic rings. The number of esters is 1. The Kier molecular flexibility index (Phi) is 6.03. The summed E-state index contributed by atoms with van der Waals surface area (Å²) in [5, 5.41) is 8.43. The normalized spacial score (nSPS) is 10.9. The van der Waals surface area contributed by atoms with Crippen molar-refractivity contribution in [2.45, 2.75) is 13.5 Å². The summed E-state index contributed by atoms with van der Waals surface area (Å²) in [6.45, 7) is 2.76. The molecule has 6 heteroatoms. The highest BCUT2D eigenvalue weighted by atomic mass is 16.5. The number of pyridine rings is 1. The third-order valence-corrected chi connectivity index (χ3v) is 5.57. The van der Waals surface area contributed by atoms with Crippen LogP contribution in [0.25, 0.3) is 27.9 Å². The Morgan fingerprint density at radius 1 is 0.941 bits per heavy atom. The lowest BCUT2D eigenvalue weighted by molar-refractivity contribution is 0.0526. The molecule has 34 heavy (non-hydrogen) atoms. The van der Waals surface area contributed by atoms with Crippen LogP contribution in [0.2, 0.25) is 0 Å². The summed E-state index contributed by atoms with van der Waals surface area (Å²) >= 11 is 0. The molecule has 0 saturated heterocycles. The smallest absolute Gasteiger partial charge is 0.339 e. The van der Waals surface area contributed by atoms with Crippen molar-refractivity contribution in [2.75, 3.05) is 11.9 Å². The van der Waals surface area contributed by atoms with E-state index in [9.17, 15) is 4.79 Å². The molecule has 0 spiro atoms. The van der Waals surface area contributed by atoms with Crippen molar-refractivity contribution >= 4 is 17.2 Å². The van der Waals surface area contributed by atoms with Gasteiger partial charge in [0.2, 0.25) is 0 Å². The van der Waals surface area contributed by atoms with Gasteiger partial charge in [0.05, 0.1) is 29.1 Å². The summed E-state index contributed by atoms with van der Waals surface area (Å²) in [6, 6.07) is 26.4. The van der Waals surface area contributed by atoms with Crippen molar-refractivity contribution in [3.8, 4) is 22.4 Å². The molecule has 5 rings (SSSR count). The van der Waals surface area contributed by atoms with Gasteiger partial charge in [0, 0.05) is 36.3 Å². The number of nitrogens with one attached hydrogen (secondary N) is 1. The zero-order valence-corrected chi connectivity index (χ0v) is 18.8. The zero-order valence-electron chi connectivity index (χ0n) is 18.8. The van der Waals surface area contributed by atoms with E-state index < -0.39 is 5.97 Å². The third kappa shape index (κ3) is 4.38. The number of aromatic nitrogens is 3. The van der Waals surface area contributed by atoms with Crippen LogP contribution in [0.15, 0.2) is 97.5 Å². The maximum absolute atomic E-state index is 12.2. The van der Waals surface area contributed by atoms with Crippen LogP contribution in [0.1, 0.15) is 22.8 Å². The van der Waals surface area contributed by atoms with Crippen LogP contribution in [0.5, 0.6) is 0 Å². The molecule has 0 bridgehead atoms. The number of rotatable bonds is 7. The first-order valence-electron chi connectivity index (χ1n) is 11.2. The van der Waals surface area contributed by atoms with Crippen molar-refractivity contribution in [1.29, 1.82) is 0 Å². The number of anilines is 1. The van der Waals surface area contributed by atoms with E-state index in [1.807, 2.05) is 53.2 Å². The van der Waals surface area contributed by atoms with E-state index in [4.69, 9.17) is 9.84 Å². The van der Waals surface area contributed by atoms with Crippen LogP contribution >= 0.6 is 0 Å². The van der Waals surface area contributed by atoms with Crippen LogP contribution in [0, 0.1) is 0 Å². The number of ether oxygens (including phenoxy) is 1. The van der Waals surface area contributed by atoms with Gasteiger partial charge in [-0.05, 0) is 36.2 Å². The first-order valence-corrected chi connectivity index (χ1v) is 11.2. The second-order valence-electron chi connectivity index (χ2n) is 7.85. The van der Waals surface area contributed by atoms with E-state index in [2.05, 4.69) is 40.6 Å². The molecule has 3 aromatic heterocycles. The van der Waals surface area contributed by atoms with Gasteiger partial charge in [0.25, 0.3) is 0 Å². The maximum Gasteiger partial charge on any atom is 0.339 e. The largest absolute Gasteiger partial charge is 0.462 e. The summed E-state index contributed by atoms with van der Waals surface area (Å²) in [7, 11) is 0. The minimum absolute atomic E-state index is 0.312. The van der Waals surface area contributed by atoms with Crippen molar-refractivity contribution < 1.29 is 9.53 Å². The summed E-state index contributed by atoms with van der Waals surface area (Å²) in [5.74, 6) is -0.396. The third-order valence-electron chi connectivity index (χ3n) is 5.57. The van der Waals surface area contributed by atoms with Crippen molar-refractivity contribution in [2.24, 2.45) is 0 Å². The Morgan fingerprint density at radius 2 is 1.71 bits per heavy atom. The molecule has 0 saturated carbocycles. The Balaban J connectivity index is 1.61. The maximum atomic E-state index is 12.2. The summed E-state index contributed by atoms with van der Waals surface area (Å²) < 4.78 is 7.01. The lowest BCUT2D eigenvalue weighted by atomic mass is 10.1. The van der Waals surface area contributed by atoms with Crippen LogP contribution in [-0.4, -0.2) is 27.2 Å². The van der Waals surface area contributed by atoms with Crippen LogP contribution in [-0.2, 0) is 11.3 Å². The molecule has 0 aliphatic carbocycles. The Labute approximate surface area is 197 Å². The molecule has 2 aromatic carbocycles. The van der Waals surface area contributed by atoms with E-state index >= 15 is 0 Å². The number of nitrogens with zero attached hydrogens (tertiary/aromatic N) is 3. The summed E-state index contributed by atoms with van der Waals surface area (Å²) in [5.41, 5.74) is 7.17. The average molecular weight is 449 g/mol. The van der Waals surface area contributed by atoms with E-state index in [1.54, 1.807) is 19.2 Å². The fourth-order valence-electron chi connectivity index (χ4n) is 3.95. The molecule has 0 radical (unpaired) electrons. The van der Waals surface area contributed by atoms with Gasteiger partial charge < -0.3 is 10.1 Å². The highest BCUT2D eigenvalue weighted by Crippen LogP contribution is 2.33. The summed E-state index contributed by atoms with van der Waals surface area (Å²) in [6.07, 6.45) is 5.18. The lowest BCUT2D eigenvalue weighted by Gasteiger charge is -2.13. The van der Waals surface area contributed by atoms with E-state index in [0.717, 1.165) is 27.9 Å². The fourth-order valence-corrected chi connectivity index (χ4v) is 3.95. The molecule has 5 aromatic rings. The molecule has 3 heterocycles. The fraction of sp³-hybridized carbons (Fsp3) is 0.107. The van der Waals surface area contributed by atoms with Gasteiger partial charge in [-0.3, -0.25) is 4.98 Å². The molecule has 0 unspecified atom stereocenters. The average Bonchev–Trinajstić information content (AvgIpc) is 3.33. The van der Waals surface area contributed by atoms with E-state index in [1.165, 1.54) is 11.8 Å². The molecule has 0 aliphatic heterocycles. The van der Waals surface area contributed by atoms with Gasteiger partial charge in [-0.1, -0.05) is 60.7 Å². The number of hydrogen-bond acceptors (Lipinski definition) is 5. The predicted octanol–water partition coefficient (Wildman–Crippen LogP) is 5.85. The highest BCUT2D eigenvalue weighted by molar-refractivity contribution is 5.93. The minimum Gasteiger partial charge on any atom is -0.462 e. The van der Waals surface area contributed by atoms with Gasteiger partial charge in [-0.2, -0.15) is 5.10 Å². The van der Waals surface area contributed by atoms with Gasteiger partial charge in [0.15, 0.2) is 0 Å². The second kappa shape index (κ2) is 9.58. The topological polar surface area (TPSA) is 68.5 Å². The van der Waals surface area contributed by atoms with Gasteiger partial charge in [0.1, 0.15) is 0 Å². The number of hydrogen-bond donors (Lipinski definition) is 1. The molecule has 0 atom stereocenters. The molecule has 168 valence electrons. The highest BCUT2D eigenvalue weighted by Gasteiger charge is 2.15. The molecular formula is C28H24N4O2. The lowest BCUT2D eigenvalue weighted by Crippen LogP contribution is -2.06. The number of carbonyl (C=O) groups excluding carboxylic acids is 1. The zero-order chi connectivity index (χ0) is 23.3. The number of fused-ring (bicyclic) bond motifs is 1. The van der Waals surface area contributed by atoms with Gasteiger partial charge in [-0.15, -0.1) is 0 Å². The Hall–Kier alpha value is -4.45. The van der Waals surface area contributed by atoms with Gasteiger partial charge in [-0.25, -0.2) is 9.31 Å². The van der Waals surface area contributed by atoms with Crippen molar-refractivity contribution in [3.05, 3.63) is 109 Å². The summed E-state index contributed by atoms with van der Waals surface area (Å²) in [4.78, 5) is 16.5. The van der Waals surface area contributed by atoms with Crippen LogP contribution in [0.4, 0.5) is 5.69 Å². The predicted molar refractivity (Wildman–Crippen MR) is 134 cm³/mol. The van der Waals surface area contributed by atoms with E-state index in [0.29, 0.717) is 24.4 Å². The SMILES string of the molecule is CCOC(=O)c1cncc(-c2cc(NCc3ccccc3)c3c(-c4ccccc4)ccn3n2)c1. The van der Waals surface area contributed by atoms with Crippen molar-refractivity contribution in [1.82, 2.24) is 14.6 Å². The standard InChI is InChI=1S/C28H24N4O2/c1-2-34-28(33)23-15-22(18-29-19-23)25-16-26(30-17-20-9-5-3-6-10-20)27-24(13-14-32(27)31-25)21-11-7-4-8-12-21/h3-16,18-19,30H,2,17H2,1H3. The van der Waals surface area contributed by atoms with Crippen LogP contribution in [0.3, 0.4) is 0 Å². The van der Waals surface area contributed by atoms with Crippen molar-refractivity contribution in [3.63, 3.8) is 0 Å². The molecular weight excluding hydrogens is 424 g/mol. The van der Waals surface area contributed by atoms with Crippen LogP contribution < -0.4 is 5.32 Å². The molecule has 0 amide bonds. The van der Waals surface area contributed by atoms with E-state index in [-0.39, 0.29) is 0 Å². The minimum atomic E-state index is -0.396. The Morgan fingerprint density at radius 3 is 2.47 bits per heavy atom. The first-order chi connectivity index (χ1) is 16.7. The monoisotopic (exact) mass is 448 g/mol. The number of carbonyl (C=O) groups is 1.